The van der Waals surface area contributed by atoms with Gasteiger partial charge in [0.2, 0.25) is 0 Å². The fourth-order valence-corrected chi connectivity index (χ4v) is 1.60. The Morgan fingerprint density at radius 2 is 1.40 bits per heavy atom. The molecule has 0 aliphatic carbocycles. The lowest BCUT2D eigenvalue weighted by atomic mass is 10.1. The van der Waals surface area contributed by atoms with Gasteiger partial charge in [-0.05, 0) is 19.8 Å². The fraction of sp³-hybridized carbons (Fsp3) is 0.769. The lowest BCUT2D eigenvalue weighted by molar-refractivity contribution is 0.720. The summed E-state index contributed by atoms with van der Waals surface area (Å²) in [6.45, 7) is 16.5. The van der Waals surface area contributed by atoms with Crippen molar-refractivity contribution in [3.05, 3.63) is 17.2 Å². The number of aromatic nitrogens is 2. The van der Waals surface area contributed by atoms with Crippen molar-refractivity contribution in [1.82, 2.24) is 9.55 Å². The van der Waals surface area contributed by atoms with Crippen LogP contribution in [-0.2, 0) is 7.05 Å². The van der Waals surface area contributed by atoms with E-state index in [-0.39, 0.29) is 0 Å². The van der Waals surface area contributed by atoms with Gasteiger partial charge in [-0.2, -0.15) is 0 Å². The first-order chi connectivity index (χ1) is 7.04. The van der Waals surface area contributed by atoms with Gasteiger partial charge in [-0.3, -0.25) is 0 Å². The summed E-state index contributed by atoms with van der Waals surface area (Å²) in [4.78, 5) is 4.39. The zero-order valence-corrected chi connectivity index (χ0v) is 12.0. The maximum atomic E-state index is 4.39. The molecule has 0 amide bonds. The Bertz CT molecular complexity index is 260. The standard InChI is InChI=1S/C9H16N2.2C2H6/c1-6(2)9-7(3)10-8(4)11(9)5;2*1-2/h6H,1-5H3;2*1-2H3. The molecule has 2 nitrogen and oxygen atoms in total. The summed E-state index contributed by atoms with van der Waals surface area (Å²) in [6, 6.07) is 0. The van der Waals surface area contributed by atoms with Gasteiger partial charge in [0.1, 0.15) is 5.82 Å². The molecule has 15 heavy (non-hydrogen) atoms. The van der Waals surface area contributed by atoms with Crippen molar-refractivity contribution >= 4 is 0 Å². The van der Waals surface area contributed by atoms with Crippen LogP contribution in [0.2, 0.25) is 0 Å². The van der Waals surface area contributed by atoms with Gasteiger partial charge in [-0.25, -0.2) is 4.98 Å². The lowest BCUT2D eigenvalue weighted by Crippen LogP contribution is -2.00. The van der Waals surface area contributed by atoms with Gasteiger partial charge in [0.05, 0.1) is 5.69 Å². The molecule has 0 aliphatic rings. The Labute approximate surface area is 95.7 Å². The van der Waals surface area contributed by atoms with Crippen molar-refractivity contribution in [3.63, 3.8) is 0 Å². The van der Waals surface area contributed by atoms with Crippen molar-refractivity contribution in [2.24, 2.45) is 7.05 Å². The number of imidazole rings is 1. The first-order valence-electron chi connectivity index (χ1n) is 6.04. The van der Waals surface area contributed by atoms with Gasteiger partial charge in [0.25, 0.3) is 0 Å². The van der Waals surface area contributed by atoms with E-state index >= 15 is 0 Å². The van der Waals surface area contributed by atoms with Crippen LogP contribution in [0.25, 0.3) is 0 Å². The van der Waals surface area contributed by atoms with Crippen LogP contribution < -0.4 is 0 Å². The molecule has 1 aromatic rings. The van der Waals surface area contributed by atoms with Crippen LogP contribution in [0.4, 0.5) is 0 Å². The molecular weight excluding hydrogens is 184 g/mol. The van der Waals surface area contributed by atoms with E-state index in [9.17, 15) is 0 Å². The number of hydrogen-bond acceptors (Lipinski definition) is 1. The highest BCUT2D eigenvalue weighted by Gasteiger charge is 2.10. The van der Waals surface area contributed by atoms with E-state index in [0.717, 1.165) is 5.82 Å². The minimum Gasteiger partial charge on any atom is -0.335 e. The monoisotopic (exact) mass is 212 g/mol. The van der Waals surface area contributed by atoms with Crippen molar-refractivity contribution in [1.29, 1.82) is 0 Å². The maximum absolute atomic E-state index is 4.39. The molecule has 2 heteroatoms. The second-order valence-corrected chi connectivity index (χ2v) is 3.34. The first-order valence-corrected chi connectivity index (χ1v) is 6.04. The van der Waals surface area contributed by atoms with E-state index in [2.05, 4.69) is 37.4 Å². The van der Waals surface area contributed by atoms with Crippen molar-refractivity contribution in [2.45, 2.75) is 61.3 Å². The maximum Gasteiger partial charge on any atom is 0.105 e. The van der Waals surface area contributed by atoms with E-state index in [4.69, 9.17) is 0 Å². The van der Waals surface area contributed by atoms with Gasteiger partial charge >= 0.3 is 0 Å². The Morgan fingerprint density at radius 3 is 1.53 bits per heavy atom. The fourth-order valence-electron chi connectivity index (χ4n) is 1.60. The average molecular weight is 212 g/mol. The second-order valence-electron chi connectivity index (χ2n) is 3.34. The summed E-state index contributed by atoms with van der Waals surface area (Å²) in [5.74, 6) is 1.67. The summed E-state index contributed by atoms with van der Waals surface area (Å²) in [6.07, 6.45) is 0. The summed E-state index contributed by atoms with van der Waals surface area (Å²) < 4.78 is 2.17. The minimum absolute atomic E-state index is 0.571. The van der Waals surface area contributed by atoms with Crippen LogP contribution in [-0.4, -0.2) is 9.55 Å². The first kappa shape index (κ1) is 16.6. The molecular formula is C13H28N2. The van der Waals surface area contributed by atoms with E-state index in [1.807, 2.05) is 34.6 Å². The zero-order chi connectivity index (χ0) is 12.6. The zero-order valence-electron chi connectivity index (χ0n) is 12.0. The highest BCUT2D eigenvalue weighted by Crippen LogP contribution is 2.18. The Morgan fingerprint density at radius 1 is 1.00 bits per heavy atom. The third kappa shape index (κ3) is 4.50. The molecule has 90 valence electrons. The molecule has 0 bridgehead atoms. The molecule has 0 N–H and O–H groups in total. The van der Waals surface area contributed by atoms with Crippen LogP contribution >= 0.6 is 0 Å². The third-order valence-corrected chi connectivity index (χ3v) is 2.09. The summed E-state index contributed by atoms with van der Waals surface area (Å²) in [5, 5.41) is 0. The molecule has 1 aromatic heterocycles. The van der Waals surface area contributed by atoms with Crippen molar-refractivity contribution in [3.8, 4) is 0 Å². The van der Waals surface area contributed by atoms with Gasteiger partial charge in [0.15, 0.2) is 0 Å². The van der Waals surface area contributed by atoms with Crippen LogP contribution in [0.1, 0.15) is 64.7 Å². The van der Waals surface area contributed by atoms with E-state index in [1.165, 1.54) is 11.4 Å². The number of nitrogens with zero attached hydrogens (tertiary/aromatic N) is 2. The van der Waals surface area contributed by atoms with Crippen LogP contribution in [0.3, 0.4) is 0 Å². The highest BCUT2D eigenvalue weighted by molar-refractivity contribution is 5.18. The molecule has 1 rings (SSSR count). The Hall–Kier alpha value is -0.790. The topological polar surface area (TPSA) is 17.8 Å². The Kier molecular flexibility index (Phi) is 9.44. The summed E-state index contributed by atoms with van der Waals surface area (Å²) in [7, 11) is 2.07. The number of hydrogen-bond donors (Lipinski definition) is 0. The lowest BCUT2D eigenvalue weighted by Gasteiger charge is -2.07. The van der Waals surface area contributed by atoms with Gasteiger partial charge < -0.3 is 4.57 Å². The molecule has 0 saturated carbocycles. The molecule has 0 aliphatic heterocycles. The van der Waals surface area contributed by atoms with Crippen LogP contribution in [0, 0.1) is 13.8 Å². The minimum atomic E-state index is 0.571. The predicted molar refractivity (Wildman–Crippen MR) is 69.5 cm³/mol. The molecule has 1 heterocycles. The average Bonchev–Trinajstić information content (AvgIpc) is 2.47. The normalized spacial score (nSPS) is 8.93. The summed E-state index contributed by atoms with van der Waals surface area (Å²) >= 11 is 0. The SMILES string of the molecule is CC.CC.Cc1nc(C)n(C)c1C(C)C. The van der Waals surface area contributed by atoms with Crippen molar-refractivity contribution in [2.75, 3.05) is 0 Å². The largest absolute Gasteiger partial charge is 0.335 e. The summed E-state index contributed by atoms with van der Waals surface area (Å²) in [5.41, 5.74) is 2.52. The smallest absolute Gasteiger partial charge is 0.105 e. The molecule has 0 saturated heterocycles. The highest BCUT2D eigenvalue weighted by atomic mass is 15.1. The van der Waals surface area contributed by atoms with E-state index in [0.29, 0.717) is 5.92 Å². The second kappa shape index (κ2) is 8.51. The van der Waals surface area contributed by atoms with Gasteiger partial charge in [0, 0.05) is 12.7 Å². The third-order valence-electron chi connectivity index (χ3n) is 2.09. The molecule has 0 spiro atoms. The van der Waals surface area contributed by atoms with Crippen LogP contribution in [0.5, 0.6) is 0 Å². The predicted octanol–water partition coefficient (Wildman–Crippen LogP) is 4.21. The molecule has 0 atom stereocenters. The molecule has 0 fully saturated rings. The van der Waals surface area contributed by atoms with Crippen molar-refractivity contribution < 1.29 is 0 Å². The molecule has 0 unspecified atom stereocenters. The van der Waals surface area contributed by atoms with Crippen LogP contribution in [0.15, 0.2) is 0 Å². The molecule has 0 aromatic carbocycles. The number of aryl methyl sites for hydroxylation is 2. The van der Waals surface area contributed by atoms with E-state index in [1.54, 1.807) is 0 Å². The van der Waals surface area contributed by atoms with E-state index < -0.39 is 0 Å². The number of rotatable bonds is 1. The van der Waals surface area contributed by atoms with Gasteiger partial charge in [-0.1, -0.05) is 41.5 Å². The molecule has 0 radical (unpaired) electrons. The Balaban J connectivity index is 0. The quantitative estimate of drug-likeness (QED) is 0.681. The van der Waals surface area contributed by atoms with Gasteiger partial charge in [-0.15, -0.1) is 0 Å².